The number of carbonyl (C=O) groups is 2. The minimum atomic E-state index is -1.07. The topological polar surface area (TPSA) is 147 Å². The lowest BCUT2D eigenvalue weighted by Gasteiger charge is -2.00. The Balaban J connectivity index is 0. The third-order valence-electron chi connectivity index (χ3n) is 1.15. The number of aliphatic hydroxyl groups excluding tert-OH is 1. The van der Waals surface area contributed by atoms with Gasteiger partial charge in [0, 0.05) is 6.61 Å². The molecule has 0 spiro atoms. The molecule has 0 aromatic heterocycles. The normalized spacial score (nSPS) is 13.4. The van der Waals surface area contributed by atoms with Gasteiger partial charge in [-0.2, -0.15) is 0 Å². The van der Waals surface area contributed by atoms with E-state index in [1.807, 2.05) is 0 Å². The summed E-state index contributed by atoms with van der Waals surface area (Å²) in [4.78, 5) is 19.4. The van der Waals surface area contributed by atoms with Gasteiger partial charge in [0.25, 0.3) is 0 Å². The van der Waals surface area contributed by atoms with Crippen LogP contribution in [0.3, 0.4) is 0 Å². The average molecular weight is 208 g/mol. The number of hydrogen-bond donors (Lipinski definition) is 5. The molecule has 0 aromatic rings. The van der Waals surface area contributed by atoms with Gasteiger partial charge in [-0.1, -0.05) is 0 Å². The van der Waals surface area contributed by atoms with Gasteiger partial charge in [-0.05, 0) is 13.3 Å². The molecular formula is C7H16N2O5. The third-order valence-corrected chi connectivity index (χ3v) is 1.15. The van der Waals surface area contributed by atoms with Crippen molar-refractivity contribution in [3.05, 3.63) is 0 Å². The molecular weight excluding hydrogens is 192 g/mol. The minimum Gasteiger partial charge on any atom is -0.480 e. The molecule has 84 valence electrons. The Kier molecular flexibility index (Phi) is 9.20. The smallest absolute Gasteiger partial charge is 0.320 e. The highest BCUT2D eigenvalue weighted by molar-refractivity contribution is 5.73. The number of hydrogen-bond acceptors (Lipinski definition) is 5. The van der Waals surface area contributed by atoms with Crippen LogP contribution in [-0.4, -0.2) is 45.9 Å². The standard InChI is InChI=1S/C4H9NO3.C3H7NO2/c5-3(1-2-6)4(7)8;1-2(4)3(5)6/h3,6H,1-2,5H2,(H,7,8);2H,4H2,1H3,(H,5,6)/t3-;2-/m01/s1. The highest BCUT2D eigenvalue weighted by atomic mass is 16.4. The van der Waals surface area contributed by atoms with Crippen molar-refractivity contribution in [3.63, 3.8) is 0 Å². The number of rotatable bonds is 4. The molecule has 7 N–H and O–H groups in total. The quantitative estimate of drug-likeness (QED) is 0.366. The van der Waals surface area contributed by atoms with Crippen molar-refractivity contribution in [2.45, 2.75) is 25.4 Å². The van der Waals surface area contributed by atoms with Crippen LogP contribution < -0.4 is 11.5 Å². The molecule has 0 rings (SSSR count). The highest BCUT2D eigenvalue weighted by Crippen LogP contribution is 1.83. The number of aliphatic carboxylic acids is 2. The summed E-state index contributed by atoms with van der Waals surface area (Å²) in [7, 11) is 0. The summed E-state index contributed by atoms with van der Waals surface area (Å²) in [6.45, 7) is 1.25. The lowest BCUT2D eigenvalue weighted by molar-refractivity contribution is -0.139. The largest absolute Gasteiger partial charge is 0.480 e. The molecule has 0 saturated carbocycles. The zero-order chi connectivity index (χ0) is 11.7. The van der Waals surface area contributed by atoms with E-state index in [0.717, 1.165) is 0 Å². The molecule has 0 fully saturated rings. The van der Waals surface area contributed by atoms with Crippen LogP contribution in [0.2, 0.25) is 0 Å². The van der Waals surface area contributed by atoms with E-state index in [1.54, 1.807) is 0 Å². The van der Waals surface area contributed by atoms with Gasteiger partial charge >= 0.3 is 11.9 Å². The van der Waals surface area contributed by atoms with Crippen LogP contribution in [-0.2, 0) is 9.59 Å². The van der Waals surface area contributed by atoms with E-state index in [1.165, 1.54) is 6.92 Å². The van der Waals surface area contributed by atoms with Crippen LogP contribution in [0.15, 0.2) is 0 Å². The van der Waals surface area contributed by atoms with Crippen LogP contribution in [0.1, 0.15) is 13.3 Å². The molecule has 0 heterocycles. The van der Waals surface area contributed by atoms with Crippen molar-refractivity contribution in [1.29, 1.82) is 0 Å². The maximum Gasteiger partial charge on any atom is 0.320 e. The molecule has 0 unspecified atom stereocenters. The second kappa shape index (κ2) is 8.42. The van der Waals surface area contributed by atoms with Crippen LogP contribution in [0.4, 0.5) is 0 Å². The van der Waals surface area contributed by atoms with Gasteiger partial charge in [0.05, 0.1) is 0 Å². The first-order valence-corrected chi connectivity index (χ1v) is 3.90. The summed E-state index contributed by atoms with van der Waals surface area (Å²) in [5.74, 6) is -2.03. The van der Waals surface area contributed by atoms with Crippen LogP contribution in [0, 0.1) is 0 Å². The first-order valence-electron chi connectivity index (χ1n) is 3.90. The van der Waals surface area contributed by atoms with Crippen molar-refractivity contribution in [1.82, 2.24) is 0 Å². The number of carboxylic acid groups (broad SMARTS) is 2. The molecule has 7 heteroatoms. The summed E-state index contributed by atoms with van der Waals surface area (Å²) >= 11 is 0. The zero-order valence-corrected chi connectivity index (χ0v) is 7.88. The van der Waals surface area contributed by atoms with Crippen LogP contribution >= 0.6 is 0 Å². The zero-order valence-electron chi connectivity index (χ0n) is 7.88. The molecule has 7 nitrogen and oxygen atoms in total. The number of aliphatic hydroxyl groups is 1. The van der Waals surface area contributed by atoms with Gasteiger partial charge in [0.1, 0.15) is 12.1 Å². The number of nitrogens with two attached hydrogens (primary N) is 2. The Morgan fingerprint density at radius 3 is 1.64 bits per heavy atom. The predicted octanol–water partition coefficient (Wildman–Crippen LogP) is -1.80. The monoisotopic (exact) mass is 208 g/mol. The fourth-order valence-corrected chi connectivity index (χ4v) is 0.263. The Hall–Kier alpha value is -1.18. The molecule has 0 bridgehead atoms. The van der Waals surface area contributed by atoms with Gasteiger partial charge in [-0.25, -0.2) is 0 Å². The first-order chi connectivity index (χ1) is 6.32. The highest BCUT2D eigenvalue weighted by Gasteiger charge is 2.08. The summed E-state index contributed by atoms with van der Waals surface area (Å²) in [5, 5.41) is 24.1. The van der Waals surface area contributed by atoms with E-state index in [4.69, 9.17) is 26.8 Å². The predicted molar refractivity (Wildman–Crippen MR) is 48.6 cm³/mol. The van der Waals surface area contributed by atoms with E-state index in [0.29, 0.717) is 0 Å². The molecule has 0 aromatic carbocycles. The first kappa shape index (κ1) is 15.3. The Morgan fingerprint density at radius 1 is 1.21 bits per heavy atom. The fraction of sp³-hybridized carbons (Fsp3) is 0.714. The summed E-state index contributed by atoms with van der Waals surface area (Å²) < 4.78 is 0. The van der Waals surface area contributed by atoms with Gasteiger partial charge in [0.15, 0.2) is 0 Å². The van der Waals surface area contributed by atoms with Gasteiger partial charge in [0.2, 0.25) is 0 Å². The molecule has 0 radical (unpaired) electrons. The van der Waals surface area contributed by atoms with E-state index < -0.39 is 24.0 Å². The minimum absolute atomic E-state index is 0.120. The second-order valence-electron chi connectivity index (χ2n) is 2.58. The maximum absolute atomic E-state index is 9.85. The van der Waals surface area contributed by atoms with Gasteiger partial charge in [-0.3, -0.25) is 9.59 Å². The SMILES string of the molecule is C[C@@H](N)C(=O)O.N[C@@H](CCO)C(=O)O. The molecule has 14 heavy (non-hydrogen) atoms. The molecule has 0 aliphatic carbocycles. The van der Waals surface area contributed by atoms with Crippen molar-refractivity contribution >= 4 is 11.9 Å². The lowest BCUT2D eigenvalue weighted by Crippen LogP contribution is -2.30. The van der Waals surface area contributed by atoms with Crippen molar-refractivity contribution in [2.24, 2.45) is 11.5 Å². The molecule has 0 saturated heterocycles. The van der Waals surface area contributed by atoms with E-state index in [9.17, 15) is 9.59 Å². The van der Waals surface area contributed by atoms with Gasteiger partial charge < -0.3 is 26.8 Å². The summed E-state index contributed by atoms with van der Waals surface area (Å²) in [5.41, 5.74) is 9.80. The van der Waals surface area contributed by atoms with Crippen LogP contribution in [0.5, 0.6) is 0 Å². The van der Waals surface area contributed by atoms with Crippen molar-refractivity contribution in [2.75, 3.05) is 6.61 Å². The van der Waals surface area contributed by atoms with Crippen molar-refractivity contribution < 1.29 is 24.9 Å². The Bertz CT molecular complexity index is 183. The number of carboxylic acids is 2. The molecule has 0 amide bonds. The maximum atomic E-state index is 9.85. The fourth-order valence-electron chi connectivity index (χ4n) is 0.263. The Morgan fingerprint density at radius 2 is 1.57 bits per heavy atom. The summed E-state index contributed by atoms with van der Waals surface area (Å²) in [6, 6.07) is -1.65. The third kappa shape index (κ3) is 10.8. The van der Waals surface area contributed by atoms with E-state index >= 15 is 0 Å². The van der Waals surface area contributed by atoms with Gasteiger partial charge in [-0.15, -0.1) is 0 Å². The van der Waals surface area contributed by atoms with E-state index in [2.05, 4.69) is 0 Å². The molecule has 0 aliphatic rings. The van der Waals surface area contributed by atoms with Crippen LogP contribution in [0.25, 0.3) is 0 Å². The average Bonchev–Trinajstić information content (AvgIpc) is 2.05. The Labute approximate surface area is 81.3 Å². The second-order valence-corrected chi connectivity index (χ2v) is 2.58. The lowest BCUT2D eigenvalue weighted by atomic mass is 10.2. The molecule has 0 aliphatic heterocycles. The van der Waals surface area contributed by atoms with Crippen molar-refractivity contribution in [3.8, 4) is 0 Å². The molecule has 2 atom stereocenters. The summed E-state index contributed by atoms with van der Waals surface area (Å²) in [6.07, 6.45) is 0.120. The van der Waals surface area contributed by atoms with E-state index in [-0.39, 0.29) is 13.0 Å².